The molecule has 0 amide bonds. The van der Waals surface area contributed by atoms with E-state index in [1.807, 2.05) is 12.1 Å². The smallest absolute Gasteiger partial charge is 0.0462 e. The van der Waals surface area contributed by atoms with Crippen molar-refractivity contribution in [2.24, 2.45) is 0 Å². The minimum atomic E-state index is 0.708. The molecule has 14 heavy (non-hydrogen) atoms. The highest BCUT2D eigenvalue weighted by Crippen LogP contribution is 2.20. The van der Waals surface area contributed by atoms with E-state index < -0.39 is 0 Å². The summed E-state index contributed by atoms with van der Waals surface area (Å²) in [5.74, 6) is 0. The zero-order chi connectivity index (χ0) is 10.4. The fraction of sp³-hybridized carbons (Fsp3) is 0.455. The first-order valence-electron chi connectivity index (χ1n) is 4.66. The van der Waals surface area contributed by atoms with Crippen LogP contribution in [-0.2, 0) is 11.2 Å². The van der Waals surface area contributed by atoms with Gasteiger partial charge in [0.1, 0.15) is 0 Å². The van der Waals surface area contributed by atoms with E-state index in [9.17, 15) is 0 Å². The molecule has 0 heterocycles. The van der Waals surface area contributed by atoms with E-state index in [1.165, 1.54) is 5.56 Å². The van der Waals surface area contributed by atoms with Gasteiger partial charge >= 0.3 is 0 Å². The zero-order valence-electron chi connectivity index (χ0n) is 8.22. The van der Waals surface area contributed by atoms with Crippen molar-refractivity contribution < 1.29 is 4.74 Å². The lowest BCUT2D eigenvalue weighted by atomic mass is 10.1. The fourth-order valence-electron chi connectivity index (χ4n) is 1.33. The van der Waals surface area contributed by atoms with Gasteiger partial charge in [0.15, 0.2) is 0 Å². The molecule has 1 nitrogen and oxygen atoms in total. The van der Waals surface area contributed by atoms with Crippen molar-refractivity contribution in [2.45, 2.75) is 19.3 Å². The number of methoxy groups -OCH3 is 1. The summed E-state index contributed by atoms with van der Waals surface area (Å²) in [5.41, 5.74) is 1.19. The fourth-order valence-corrected chi connectivity index (χ4v) is 1.90. The molecule has 1 rings (SSSR count). The Kier molecular flexibility index (Phi) is 5.31. The SMILES string of the molecule is COCCCCc1cc(Cl)cc(Cl)c1. The Morgan fingerprint density at radius 3 is 2.29 bits per heavy atom. The summed E-state index contributed by atoms with van der Waals surface area (Å²) in [4.78, 5) is 0. The Bertz CT molecular complexity index is 266. The van der Waals surface area contributed by atoms with Crippen LogP contribution >= 0.6 is 23.2 Å². The lowest BCUT2D eigenvalue weighted by molar-refractivity contribution is 0.193. The van der Waals surface area contributed by atoms with Crippen molar-refractivity contribution in [3.05, 3.63) is 33.8 Å². The number of ether oxygens (including phenoxy) is 1. The summed E-state index contributed by atoms with van der Waals surface area (Å²) < 4.78 is 4.98. The summed E-state index contributed by atoms with van der Waals surface area (Å²) in [7, 11) is 1.72. The van der Waals surface area contributed by atoms with Gasteiger partial charge in [0, 0.05) is 23.8 Å². The molecule has 1 aromatic carbocycles. The summed E-state index contributed by atoms with van der Waals surface area (Å²) in [6.07, 6.45) is 3.18. The topological polar surface area (TPSA) is 9.23 Å². The summed E-state index contributed by atoms with van der Waals surface area (Å²) >= 11 is 11.8. The Morgan fingerprint density at radius 1 is 1.07 bits per heavy atom. The first-order chi connectivity index (χ1) is 6.72. The maximum Gasteiger partial charge on any atom is 0.0462 e. The molecule has 0 aliphatic carbocycles. The van der Waals surface area contributed by atoms with Crippen LogP contribution in [0.5, 0.6) is 0 Å². The maximum absolute atomic E-state index is 5.88. The molecule has 0 radical (unpaired) electrons. The van der Waals surface area contributed by atoms with Gasteiger partial charge in [-0.1, -0.05) is 23.2 Å². The molecule has 0 N–H and O–H groups in total. The molecule has 78 valence electrons. The van der Waals surface area contributed by atoms with Crippen LogP contribution in [0.2, 0.25) is 10.0 Å². The first kappa shape index (κ1) is 11.8. The van der Waals surface area contributed by atoms with Gasteiger partial charge in [-0.2, -0.15) is 0 Å². The average molecular weight is 233 g/mol. The zero-order valence-corrected chi connectivity index (χ0v) is 9.74. The van der Waals surface area contributed by atoms with E-state index in [0.29, 0.717) is 10.0 Å². The molecule has 0 aromatic heterocycles. The van der Waals surface area contributed by atoms with Crippen LogP contribution in [0.4, 0.5) is 0 Å². The molecule has 0 atom stereocenters. The van der Waals surface area contributed by atoms with Gasteiger partial charge in [0.05, 0.1) is 0 Å². The molecule has 0 saturated heterocycles. The quantitative estimate of drug-likeness (QED) is 0.699. The predicted octanol–water partition coefficient (Wildman–Crippen LogP) is 3.96. The lowest BCUT2D eigenvalue weighted by Crippen LogP contribution is -1.91. The van der Waals surface area contributed by atoms with E-state index >= 15 is 0 Å². The van der Waals surface area contributed by atoms with Crippen LogP contribution in [0.1, 0.15) is 18.4 Å². The van der Waals surface area contributed by atoms with Crippen LogP contribution in [0.15, 0.2) is 18.2 Å². The number of hydrogen-bond acceptors (Lipinski definition) is 1. The first-order valence-corrected chi connectivity index (χ1v) is 5.42. The van der Waals surface area contributed by atoms with Crippen LogP contribution in [0, 0.1) is 0 Å². The van der Waals surface area contributed by atoms with Gasteiger partial charge in [-0.05, 0) is 43.0 Å². The standard InChI is InChI=1S/C11H14Cl2O/c1-14-5-3-2-4-9-6-10(12)8-11(13)7-9/h6-8H,2-5H2,1H3. The number of aryl methyl sites for hydroxylation is 1. The van der Waals surface area contributed by atoms with Crippen molar-refractivity contribution in [2.75, 3.05) is 13.7 Å². The molecule has 0 unspecified atom stereocenters. The third kappa shape index (κ3) is 4.32. The summed E-state index contributed by atoms with van der Waals surface area (Å²) in [5, 5.41) is 1.42. The maximum atomic E-state index is 5.88. The van der Waals surface area contributed by atoms with Gasteiger partial charge in [-0.25, -0.2) is 0 Å². The van der Waals surface area contributed by atoms with E-state index in [1.54, 1.807) is 13.2 Å². The number of benzene rings is 1. The summed E-state index contributed by atoms with van der Waals surface area (Å²) in [6.45, 7) is 0.814. The second-order valence-corrected chi connectivity index (χ2v) is 4.10. The lowest BCUT2D eigenvalue weighted by Gasteiger charge is -2.03. The Labute approximate surface area is 95.0 Å². The van der Waals surface area contributed by atoms with Crippen LogP contribution < -0.4 is 0 Å². The molecule has 1 aromatic rings. The minimum absolute atomic E-state index is 0.708. The van der Waals surface area contributed by atoms with Gasteiger partial charge < -0.3 is 4.74 Å². The van der Waals surface area contributed by atoms with E-state index in [-0.39, 0.29) is 0 Å². The van der Waals surface area contributed by atoms with Gasteiger partial charge in [-0.3, -0.25) is 0 Å². The number of unbranched alkanes of at least 4 members (excludes halogenated alkanes) is 1. The number of rotatable bonds is 5. The Balaban J connectivity index is 2.42. The van der Waals surface area contributed by atoms with Crippen molar-refractivity contribution in [1.29, 1.82) is 0 Å². The molecular formula is C11H14Cl2O. The molecule has 3 heteroatoms. The third-order valence-electron chi connectivity index (χ3n) is 1.99. The highest BCUT2D eigenvalue weighted by Gasteiger charge is 1.98. The second-order valence-electron chi connectivity index (χ2n) is 3.23. The molecule has 0 saturated carbocycles. The van der Waals surface area contributed by atoms with E-state index in [0.717, 1.165) is 25.9 Å². The Morgan fingerprint density at radius 2 is 1.71 bits per heavy atom. The van der Waals surface area contributed by atoms with Crippen molar-refractivity contribution in [1.82, 2.24) is 0 Å². The molecule has 0 aliphatic heterocycles. The highest BCUT2D eigenvalue weighted by molar-refractivity contribution is 6.34. The van der Waals surface area contributed by atoms with E-state index in [4.69, 9.17) is 27.9 Å². The molecule has 0 aliphatic rings. The van der Waals surface area contributed by atoms with Crippen molar-refractivity contribution in [3.63, 3.8) is 0 Å². The van der Waals surface area contributed by atoms with E-state index in [2.05, 4.69) is 0 Å². The average Bonchev–Trinajstić information content (AvgIpc) is 2.11. The molecular weight excluding hydrogens is 219 g/mol. The number of halogens is 2. The van der Waals surface area contributed by atoms with Gasteiger partial charge in [-0.15, -0.1) is 0 Å². The predicted molar refractivity (Wildman–Crippen MR) is 61.3 cm³/mol. The van der Waals surface area contributed by atoms with Gasteiger partial charge in [0.25, 0.3) is 0 Å². The van der Waals surface area contributed by atoms with Crippen LogP contribution in [0.25, 0.3) is 0 Å². The summed E-state index contributed by atoms with van der Waals surface area (Å²) in [6, 6.07) is 5.67. The molecule has 0 spiro atoms. The third-order valence-corrected chi connectivity index (χ3v) is 2.42. The van der Waals surface area contributed by atoms with Crippen molar-refractivity contribution in [3.8, 4) is 0 Å². The van der Waals surface area contributed by atoms with Gasteiger partial charge in [0.2, 0.25) is 0 Å². The van der Waals surface area contributed by atoms with Crippen LogP contribution in [-0.4, -0.2) is 13.7 Å². The number of hydrogen-bond donors (Lipinski definition) is 0. The molecule has 0 bridgehead atoms. The highest BCUT2D eigenvalue weighted by atomic mass is 35.5. The van der Waals surface area contributed by atoms with Crippen LogP contribution in [0.3, 0.4) is 0 Å². The molecule has 0 fully saturated rings. The minimum Gasteiger partial charge on any atom is -0.385 e. The second kappa shape index (κ2) is 6.28. The largest absolute Gasteiger partial charge is 0.385 e. The Hall–Kier alpha value is -0.240. The monoisotopic (exact) mass is 232 g/mol. The van der Waals surface area contributed by atoms with Crippen molar-refractivity contribution >= 4 is 23.2 Å². The normalized spacial score (nSPS) is 10.5.